The Morgan fingerprint density at radius 2 is 1.85 bits per heavy atom. The Morgan fingerprint density at radius 3 is 2.56 bits per heavy atom. The Labute approximate surface area is 227 Å². The molecule has 200 valence electrons. The molecule has 4 N–H and O–H groups in total. The molecule has 3 aromatic rings. The van der Waals surface area contributed by atoms with Crippen molar-refractivity contribution in [3.63, 3.8) is 0 Å². The first-order valence-corrected chi connectivity index (χ1v) is 13.3. The lowest BCUT2D eigenvalue weighted by molar-refractivity contribution is -0.119. The predicted octanol–water partition coefficient (Wildman–Crippen LogP) is 4.18. The van der Waals surface area contributed by atoms with E-state index in [-0.39, 0.29) is 11.9 Å². The van der Waals surface area contributed by atoms with Crippen molar-refractivity contribution in [1.29, 1.82) is 5.26 Å². The summed E-state index contributed by atoms with van der Waals surface area (Å²) in [7, 11) is 0. The second kappa shape index (κ2) is 11.8. The fraction of sp³-hybridized carbons (Fsp3) is 0.345. The second-order valence-electron chi connectivity index (χ2n) is 9.93. The summed E-state index contributed by atoms with van der Waals surface area (Å²) in [6.45, 7) is 2.41. The van der Waals surface area contributed by atoms with E-state index >= 15 is 0 Å². The Balaban J connectivity index is 1.26. The standard InChI is InChI=1S/C29H32N8O2/c30-17-20-6-11-27(33-18-20)36-13-3-4-21(12-15-36)34-25-16-26(32-19-24(25)29(31)39)35-22-7-9-23(10-8-22)37-14-2-1-5-28(37)38/h6-11,16,18-19,21H,1-5,12-15H2,(H2,31,39)(H2,32,34,35). The van der Waals surface area contributed by atoms with E-state index in [0.29, 0.717) is 29.1 Å². The van der Waals surface area contributed by atoms with Crippen molar-refractivity contribution in [2.45, 2.75) is 44.6 Å². The molecule has 5 rings (SSSR count). The van der Waals surface area contributed by atoms with Gasteiger partial charge in [-0.2, -0.15) is 5.26 Å². The van der Waals surface area contributed by atoms with Crippen molar-refractivity contribution >= 4 is 40.5 Å². The van der Waals surface area contributed by atoms with E-state index in [2.05, 4.69) is 31.6 Å². The van der Waals surface area contributed by atoms with Crippen LogP contribution in [0.4, 0.5) is 28.7 Å². The minimum Gasteiger partial charge on any atom is -0.381 e. The molecule has 0 spiro atoms. The van der Waals surface area contributed by atoms with Gasteiger partial charge in [-0.15, -0.1) is 0 Å². The molecule has 0 aliphatic carbocycles. The number of benzene rings is 1. The zero-order chi connectivity index (χ0) is 27.2. The van der Waals surface area contributed by atoms with Crippen LogP contribution in [-0.2, 0) is 4.79 Å². The molecule has 10 heteroatoms. The molecule has 0 radical (unpaired) electrons. The van der Waals surface area contributed by atoms with E-state index in [4.69, 9.17) is 11.0 Å². The van der Waals surface area contributed by atoms with Gasteiger partial charge in [-0.25, -0.2) is 9.97 Å². The van der Waals surface area contributed by atoms with E-state index in [1.807, 2.05) is 41.3 Å². The van der Waals surface area contributed by atoms with Crippen molar-refractivity contribution in [1.82, 2.24) is 9.97 Å². The van der Waals surface area contributed by atoms with Crippen molar-refractivity contribution < 1.29 is 9.59 Å². The molecule has 2 fully saturated rings. The van der Waals surface area contributed by atoms with Crippen LogP contribution in [0, 0.1) is 11.3 Å². The van der Waals surface area contributed by atoms with Crippen molar-refractivity contribution in [2.75, 3.05) is 40.1 Å². The number of pyridine rings is 2. The quantitative estimate of drug-likeness (QED) is 0.418. The van der Waals surface area contributed by atoms with Crippen molar-refractivity contribution in [3.05, 3.63) is 66.0 Å². The maximum Gasteiger partial charge on any atom is 0.252 e. The molecule has 2 saturated heterocycles. The molecule has 2 aliphatic rings. The number of hydrogen-bond acceptors (Lipinski definition) is 8. The molecule has 2 aromatic heterocycles. The van der Waals surface area contributed by atoms with Gasteiger partial charge in [0.25, 0.3) is 5.91 Å². The van der Waals surface area contributed by atoms with Gasteiger partial charge in [-0.3, -0.25) is 9.59 Å². The van der Waals surface area contributed by atoms with Crippen molar-refractivity contribution in [2.24, 2.45) is 5.73 Å². The van der Waals surface area contributed by atoms with Gasteiger partial charge in [0, 0.05) is 61.9 Å². The number of carbonyl (C=O) groups is 2. The molecule has 10 nitrogen and oxygen atoms in total. The smallest absolute Gasteiger partial charge is 0.252 e. The maximum atomic E-state index is 12.2. The first-order chi connectivity index (χ1) is 19.0. The fourth-order valence-corrected chi connectivity index (χ4v) is 5.12. The lowest BCUT2D eigenvalue weighted by Gasteiger charge is -2.27. The fourth-order valence-electron chi connectivity index (χ4n) is 5.12. The summed E-state index contributed by atoms with van der Waals surface area (Å²) >= 11 is 0. The third-order valence-corrected chi connectivity index (χ3v) is 7.23. The van der Waals surface area contributed by atoms with Gasteiger partial charge in [-0.05, 0) is 68.5 Å². The van der Waals surface area contributed by atoms with E-state index in [1.165, 1.54) is 6.20 Å². The van der Waals surface area contributed by atoms with Crippen LogP contribution in [0.1, 0.15) is 54.4 Å². The molecular formula is C29H32N8O2. The van der Waals surface area contributed by atoms with Gasteiger partial charge in [0.2, 0.25) is 5.91 Å². The highest BCUT2D eigenvalue weighted by Crippen LogP contribution is 2.27. The second-order valence-corrected chi connectivity index (χ2v) is 9.93. The third-order valence-electron chi connectivity index (χ3n) is 7.23. The number of anilines is 5. The summed E-state index contributed by atoms with van der Waals surface area (Å²) in [6.07, 6.45) is 8.38. The highest BCUT2D eigenvalue weighted by molar-refractivity contribution is 5.98. The zero-order valence-corrected chi connectivity index (χ0v) is 21.8. The van der Waals surface area contributed by atoms with Crippen LogP contribution in [0.2, 0.25) is 0 Å². The molecular weight excluding hydrogens is 492 g/mol. The highest BCUT2D eigenvalue weighted by Gasteiger charge is 2.21. The summed E-state index contributed by atoms with van der Waals surface area (Å²) in [5.74, 6) is 1.07. The summed E-state index contributed by atoms with van der Waals surface area (Å²) in [4.78, 5) is 37.3. The third kappa shape index (κ3) is 6.26. The van der Waals surface area contributed by atoms with E-state index in [1.54, 1.807) is 12.3 Å². The Morgan fingerprint density at radius 1 is 1.00 bits per heavy atom. The first kappa shape index (κ1) is 26.0. The normalized spacial score (nSPS) is 17.7. The number of nitrogens with one attached hydrogen (secondary N) is 2. The van der Waals surface area contributed by atoms with Crippen LogP contribution in [0.25, 0.3) is 0 Å². The molecule has 1 aromatic carbocycles. The average molecular weight is 525 g/mol. The number of aromatic nitrogens is 2. The number of rotatable bonds is 7. The molecule has 0 bridgehead atoms. The molecule has 1 unspecified atom stereocenters. The SMILES string of the molecule is N#Cc1ccc(N2CCCC(Nc3cc(Nc4ccc(N5CCCCC5=O)cc4)ncc3C(N)=O)CC2)nc1. The van der Waals surface area contributed by atoms with Crippen LogP contribution >= 0.6 is 0 Å². The van der Waals surface area contributed by atoms with Crippen LogP contribution < -0.4 is 26.2 Å². The summed E-state index contributed by atoms with van der Waals surface area (Å²) in [6, 6.07) is 15.4. The van der Waals surface area contributed by atoms with E-state index < -0.39 is 5.91 Å². The number of nitrogens with two attached hydrogens (primary N) is 1. The Bertz CT molecular complexity index is 1370. The molecule has 39 heavy (non-hydrogen) atoms. The number of nitrogens with zero attached hydrogens (tertiary/aromatic N) is 5. The number of nitriles is 1. The van der Waals surface area contributed by atoms with Gasteiger partial charge < -0.3 is 26.2 Å². The van der Waals surface area contributed by atoms with Crippen molar-refractivity contribution in [3.8, 4) is 6.07 Å². The minimum absolute atomic E-state index is 0.142. The summed E-state index contributed by atoms with van der Waals surface area (Å²) in [5.41, 5.74) is 8.91. The van der Waals surface area contributed by atoms with Gasteiger partial charge >= 0.3 is 0 Å². The minimum atomic E-state index is -0.538. The van der Waals surface area contributed by atoms with E-state index in [9.17, 15) is 9.59 Å². The predicted molar refractivity (Wildman–Crippen MR) is 151 cm³/mol. The highest BCUT2D eigenvalue weighted by atomic mass is 16.2. The van der Waals surface area contributed by atoms with Crippen LogP contribution in [0.5, 0.6) is 0 Å². The topological polar surface area (TPSA) is 140 Å². The Kier molecular flexibility index (Phi) is 7.87. The van der Waals surface area contributed by atoms with Gasteiger partial charge in [0.1, 0.15) is 17.7 Å². The van der Waals surface area contributed by atoms with Crippen LogP contribution in [0.15, 0.2) is 54.9 Å². The Hall–Kier alpha value is -4.65. The summed E-state index contributed by atoms with van der Waals surface area (Å²) in [5, 5.41) is 15.8. The van der Waals surface area contributed by atoms with Gasteiger partial charge in [-0.1, -0.05) is 0 Å². The number of primary amides is 1. The van der Waals surface area contributed by atoms with Gasteiger partial charge in [0.15, 0.2) is 0 Å². The number of amides is 2. The molecule has 1 atom stereocenters. The molecule has 0 saturated carbocycles. The number of hydrogen-bond donors (Lipinski definition) is 3. The maximum absolute atomic E-state index is 12.2. The molecule has 2 amide bonds. The van der Waals surface area contributed by atoms with Gasteiger partial charge in [0.05, 0.1) is 16.8 Å². The monoisotopic (exact) mass is 524 g/mol. The number of carbonyl (C=O) groups excluding carboxylic acids is 2. The zero-order valence-electron chi connectivity index (χ0n) is 21.8. The average Bonchev–Trinajstić information content (AvgIpc) is 3.19. The molecule has 4 heterocycles. The van der Waals surface area contributed by atoms with Crippen LogP contribution in [-0.4, -0.2) is 47.5 Å². The van der Waals surface area contributed by atoms with Crippen LogP contribution in [0.3, 0.4) is 0 Å². The molecule has 2 aliphatic heterocycles. The lowest BCUT2D eigenvalue weighted by atomic mass is 10.1. The largest absolute Gasteiger partial charge is 0.381 e. The summed E-state index contributed by atoms with van der Waals surface area (Å²) < 4.78 is 0. The lowest BCUT2D eigenvalue weighted by Crippen LogP contribution is -2.35. The first-order valence-electron chi connectivity index (χ1n) is 13.3. The number of piperidine rings is 1. The van der Waals surface area contributed by atoms with E-state index in [0.717, 1.165) is 68.9 Å².